The number of phenolic OH excluding ortho intramolecular Hbond substituents is 1. The van der Waals surface area contributed by atoms with Crippen LogP contribution < -0.4 is 4.74 Å². The van der Waals surface area contributed by atoms with Crippen molar-refractivity contribution in [3.8, 4) is 11.5 Å². The second-order valence-electron chi connectivity index (χ2n) is 5.98. The summed E-state index contributed by atoms with van der Waals surface area (Å²) in [6, 6.07) is 10.3. The molecule has 0 radical (unpaired) electrons. The van der Waals surface area contributed by atoms with Crippen LogP contribution in [0.5, 0.6) is 11.5 Å². The van der Waals surface area contributed by atoms with Crippen molar-refractivity contribution in [2.75, 3.05) is 0 Å². The minimum Gasteiger partial charge on any atom is -0.508 e. The van der Waals surface area contributed by atoms with Crippen LogP contribution in [0.15, 0.2) is 47.7 Å². The molecule has 1 aliphatic heterocycles. The summed E-state index contributed by atoms with van der Waals surface area (Å²) in [4.78, 5) is 0. The molecular formula is C20H17FO2. The number of benzene rings is 2. The molecule has 0 bridgehead atoms. The molecule has 0 saturated carbocycles. The van der Waals surface area contributed by atoms with E-state index < -0.39 is 0 Å². The Morgan fingerprint density at radius 2 is 2.09 bits per heavy atom. The van der Waals surface area contributed by atoms with Gasteiger partial charge in [0.1, 0.15) is 23.1 Å². The van der Waals surface area contributed by atoms with Gasteiger partial charge in [0, 0.05) is 23.6 Å². The fourth-order valence-corrected chi connectivity index (χ4v) is 3.40. The highest BCUT2D eigenvalue weighted by Crippen LogP contribution is 2.45. The number of phenols is 1. The van der Waals surface area contributed by atoms with Crippen LogP contribution in [-0.2, 0) is 6.42 Å². The highest BCUT2D eigenvalue weighted by atomic mass is 19.1. The minimum absolute atomic E-state index is 0.169. The topological polar surface area (TPSA) is 29.5 Å². The quantitative estimate of drug-likeness (QED) is 0.839. The molecule has 0 atom stereocenters. The molecule has 1 N–H and O–H groups in total. The van der Waals surface area contributed by atoms with Gasteiger partial charge in [-0.25, -0.2) is 4.39 Å². The molecule has 2 aromatic carbocycles. The number of rotatable bonds is 2. The highest BCUT2D eigenvalue weighted by Gasteiger charge is 2.28. The van der Waals surface area contributed by atoms with E-state index >= 15 is 0 Å². The summed E-state index contributed by atoms with van der Waals surface area (Å²) < 4.78 is 20.2. The SMILES string of the molecule is CCCC1=C2Cc3c(F)cccc3C=C2Oc2cc(O)ccc21. The van der Waals surface area contributed by atoms with E-state index in [0.717, 1.165) is 40.9 Å². The van der Waals surface area contributed by atoms with Gasteiger partial charge in [0.15, 0.2) is 0 Å². The summed E-state index contributed by atoms with van der Waals surface area (Å²) in [6.45, 7) is 2.13. The number of halogens is 1. The average molecular weight is 308 g/mol. The van der Waals surface area contributed by atoms with Crippen LogP contribution >= 0.6 is 0 Å². The van der Waals surface area contributed by atoms with Crippen molar-refractivity contribution >= 4 is 11.6 Å². The molecule has 0 amide bonds. The van der Waals surface area contributed by atoms with Gasteiger partial charge in [0.25, 0.3) is 0 Å². The Hall–Kier alpha value is -2.55. The van der Waals surface area contributed by atoms with E-state index in [9.17, 15) is 9.50 Å². The molecule has 116 valence electrons. The van der Waals surface area contributed by atoms with Crippen LogP contribution in [-0.4, -0.2) is 5.11 Å². The van der Waals surface area contributed by atoms with Crippen molar-refractivity contribution in [3.05, 3.63) is 70.2 Å². The molecule has 0 fully saturated rings. The van der Waals surface area contributed by atoms with Crippen molar-refractivity contribution in [2.24, 2.45) is 0 Å². The molecule has 0 aromatic heterocycles. The summed E-state index contributed by atoms with van der Waals surface area (Å²) in [5.74, 6) is 1.46. The summed E-state index contributed by atoms with van der Waals surface area (Å²) >= 11 is 0. The van der Waals surface area contributed by atoms with E-state index in [1.54, 1.807) is 18.2 Å². The first-order valence-electron chi connectivity index (χ1n) is 7.90. The molecule has 2 aliphatic rings. The summed E-state index contributed by atoms with van der Waals surface area (Å²) in [6.07, 6.45) is 4.34. The van der Waals surface area contributed by atoms with Crippen molar-refractivity contribution in [3.63, 3.8) is 0 Å². The summed E-state index contributed by atoms with van der Waals surface area (Å²) in [5.41, 5.74) is 4.84. The first-order chi connectivity index (χ1) is 11.2. The van der Waals surface area contributed by atoms with Crippen LogP contribution in [0.3, 0.4) is 0 Å². The van der Waals surface area contributed by atoms with Gasteiger partial charge in [0.05, 0.1) is 0 Å². The zero-order valence-corrected chi connectivity index (χ0v) is 12.9. The van der Waals surface area contributed by atoms with Gasteiger partial charge >= 0.3 is 0 Å². The first-order valence-corrected chi connectivity index (χ1v) is 7.90. The number of fused-ring (bicyclic) bond motifs is 3. The predicted octanol–water partition coefficient (Wildman–Crippen LogP) is 5.07. The third-order valence-corrected chi connectivity index (χ3v) is 4.47. The van der Waals surface area contributed by atoms with Gasteiger partial charge in [-0.15, -0.1) is 0 Å². The molecule has 2 nitrogen and oxygen atoms in total. The maximum Gasteiger partial charge on any atom is 0.138 e. The number of hydrogen-bond donors (Lipinski definition) is 1. The molecular weight excluding hydrogens is 291 g/mol. The van der Waals surface area contributed by atoms with Crippen LogP contribution in [0.4, 0.5) is 4.39 Å². The van der Waals surface area contributed by atoms with Crippen molar-refractivity contribution < 1.29 is 14.2 Å². The maximum atomic E-state index is 14.2. The maximum absolute atomic E-state index is 14.2. The third kappa shape index (κ3) is 2.24. The molecule has 1 heterocycles. The second kappa shape index (κ2) is 5.27. The zero-order valence-electron chi connectivity index (χ0n) is 12.9. The smallest absolute Gasteiger partial charge is 0.138 e. The van der Waals surface area contributed by atoms with Crippen LogP contribution in [0, 0.1) is 5.82 Å². The van der Waals surface area contributed by atoms with Gasteiger partial charge in [-0.3, -0.25) is 0 Å². The van der Waals surface area contributed by atoms with Gasteiger partial charge in [-0.05, 0) is 47.4 Å². The van der Waals surface area contributed by atoms with Crippen LogP contribution in [0.25, 0.3) is 11.6 Å². The van der Waals surface area contributed by atoms with Gasteiger partial charge in [0.2, 0.25) is 0 Å². The Labute approximate surface area is 134 Å². The molecule has 3 heteroatoms. The van der Waals surface area contributed by atoms with Crippen LogP contribution in [0.2, 0.25) is 0 Å². The Bertz CT molecular complexity index is 862. The summed E-state index contributed by atoms with van der Waals surface area (Å²) in [5, 5.41) is 9.73. The lowest BCUT2D eigenvalue weighted by atomic mass is 9.84. The number of ether oxygens (including phenoxy) is 1. The fraction of sp³-hybridized carbons (Fsp3) is 0.200. The molecule has 0 unspecified atom stereocenters. The van der Waals surface area contributed by atoms with Crippen LogP contribution in [0.1, 0.15) is 36.5 Å². The lowest BCUT2D eigenvalue weighted by Gasteiger charge is -2.29. The van der Waals surface area contributed by atoms with Crippen molar-refractivity contribution in [2.45, 2.75) is 26.2 Å². The fourth-order valence-electron chi connectivity index (χ4n) is 3.40. The molecule has 4 rings (SSSR count). The van der Waals surface area contributed by atoms with E-state index in [4.69, 9.17) is 4.74 Å². The Morgan fingerprint density at radius 3 is 2.91 bits per heavy atom. The largest absolute Gasteiger partial charge is 0.508 e. The Morgan fingerprint density at radius 1 is 1.22 bits per heavy atom. The van der Waals surface area contributed by atoms with E-state index in [1.165, 1.54) is 11.6 Å². The zero-order chi connectivity index (χ0) is 16.0. The average Bonchev–Trinajstić information content (AvgIpc) is 2.53. The number of allylic oxidation sites excluding steroid dienone is 2. The Kier molecular flexibility index (Phi) is 3.22. The van der Waals surface area contributed by atoms with Gasteiger partial charge in [-0.1, -0.05) is 25.5 Å². The lowest BCUT2D eigenvalue weighted by Crippen LogP contribution is -2.16. The standard InChI is InChI=1S/C20H17FO2/c1-2-4-14-15-8-7-13(22)10-20(15)23-19-9-12-5-3-6-18(21)16(12)11-17(14)19/h3,5-10,22H,2,4,11H2,1H3. The van der Waals surface area contributed by atoms with E-state index in [-0.39, 0.29) is 11.6 Å². The lowest BCUT2D eigenvalue weighted by molar-refractivity contribution is 0.419. The molecule has 0 spiro atoms. The molecule has 23 heavy (non-hydrogen) atoms. The van der Waals surface area contributed by atoms with Gasteiger partial charge < -0.3 is 9.84 Å². The number of hydrogen-bond acceptors (Lipinski definition) is 2. The second-order valence-corrected chi connectivity index (χ2v) is 5.98. The first kappa shape index (κ1) is 14.1. The van der Waals surface area contributed by atoms with Crippen molar-refractivity contribution in [1.29, 1.82) is 0 Å². The minimum atomic E-state index is -0.169. The van der Waals surface area contributed by atoms with Gasteiger partial charge in [-0.2, -0.15) is 0 Å². The highest BCUT2D eigenvalue weighted by molar-refractivity contribution is 5.83. The molecule has 2 aromatic rings. The normalized spacial score (nSPS) is 15.3. The van der Waals surface area contributed by atoms with E-state index in [2.05, 4.69) is 6.92 Å². The molecule has 0 saturated heterocycles. The summed E-state index contributed by atoms with van der Waals surface area (Å²) in [7, 11) is 0. The molecule has 1 aliphatic carbocycles. The van der Waals surface area contributed by atoms with E-state index in [0.29, 0.717) is 12.2 Å². The van der Waals surface area contributed by atoms with E-state index in [1.807, 2.05) is 18.2 Å². The third-order valence-electron chi connectivity index (χ3n) is 4.47. The number of aromatic hydroxyl groups is 1. The predicted molar refractivity (Wildman–Crippen MR) is 88.6 cm³/mol. The van der Waals surface area contributed by atoms with Crippen molar-refractivity contribution in [1.82, 2.24) is 0 Å². The Balaban J connectivity index is 1.93. The monoisotopic (exact) mass is 308 g/mol.